The second-order valence-electron chi connectivity index (χ2n) is 6.90. The molecule has 10 heteroatoms. The molecule has 30 heavy (non-hydrogen) atoms. The van der Waals surface area contributed by atoms with Crippen LogP contribution in [0.25, 0.3) is 0 Å². The third kappa shape index (κ3) is 6.60. The number of sulfonamides is 1. The summed E-state index contributed by atoms with van der Waals surface area (Å²) in [7, 11) is -0.858. The smallest absolute Gasteiger partial charge is 0.245 e. The highest BCUT2D eigenvalue weighted by Crippen LogP contribution is 2.15. The van der Waals surface area contributed by atoms with Crippen molar-refractivity contribution >= 4 is 27.7 Å². The molecule has 1 heterocycles. The van der Waals surface area contributed by atoms with E-state index in [9.17, 15) is 22.4 Å². The number of carbonyl (C=O) groups is 2. The quantitative estimate of drug-likeness (QED) is 0.648. The standard InChI is InChI=1S/C20H25FN4O4S/c1-15-10-11-22-18(13-15)23-19(26)14-24(2)20(27)5-4-12-25(3)30(28,29)17-8-6-16(21)7-9-17/h6-11,13H,4-5,12,14H2,1-3H3,(H,22,23,26). The first-order valence-electron chi connectivity index (χ1n) is 9.28. The first kappa shape index (κ1) is 23.4. The average Bonchev–Trinajstić information content (AvgIpc) is 2.67. The summed E-state index contributed by atoms with van der Waals surface area (Å²) in [4.78, 5) is 29.6. The number of carbonyl (C=O) groups excluding carboxylic acids is 2. The van der Waals surface area contributed by atoms with Gasteiger partial charge < -0.3 is 10.2 Å². The maximum atomic E-state index is 13.0. The zero-order chi connectivity index (χ0) is 22.3. The minimum absolute atomic E-state index is 0.0173. The van der Waals surface area contributed by atoms with Crippen molar-refractivity contribution in [1.82, 2.24) is 14.2 Å². The van der Waals surface area contributed by atoms with Crippen LogP contribution in [-0.4, -0.2) is 61.6 Å². The Bertz CT molecular complexity index is 996. The van der Waals surface area contributed by atoms with Gasteiger partial charge in [0.2, 0.25) is 21.8 Å². The number of pyridine rings is 1. The van der Waals surface area contributed by atoms with Crippen molar-refractivity contribution in [2.75, 3.05) is 32.5 Å². The van der Waals surface area contributed by atoms with Gasteiger partial charge in [0, 0.05) is 33.3 Å². The van der Waals surface area contributed by atoms with Crippen LogP contribution in [0.1, 0.15) is 18.4 Å². The number of aromatic nitrogens is 1. The number of benzene rings is 1. The second kappa shape index (κ2) is 10.3. The maximum absolute atomic E-state index is 13.0. The summed E-state index contributed by atoms with van der Waals surface area (Å²) in [5.74, 6) is -0.768. The van der Waals surface area contributed by atoms with Crippen LogP contribution >= 0.6 is 0 Å². The van der Waals surface area contributed by atoms with Crippen LogP contribution in [0.3, 0.4) is 0 Å². The van der Waals surface area contributed by atoms with Crippen LogP contribution in [0.5, 0.6) is 0 Å². The van der Waals surface area contributed by atoms with Gasteiger partial charge in [0.15, 0.2) is 0 Å². The number of halogens is 1. The van der Waals surface area contributed by atoms with Crippen molar-refractivity contribution in [3.05, 3.63) is 54.0 Å². The number of amides is 2. The molecule has 0 spiro atoms. The number of nitrogens with one attached hydrogen (secondary N) is 1. The van der Waals surface area contributed by atoms with Gasteiger partial charge >= 0.3 is 0 Å². The molecule has 2 rings (SSSR count). The van der Waals surface area contributed by atoms with E-state index in [0.717, 1.165) is 22.0 Å². The molecule has 1 aromatic carbocycles. The van der Waals surface area contributed by atoms with Gasteiger partial charge in [0.1, 0.15) is 11.6 Å². The molecule has 0 atom stereocenters. The van der Waals surface area contributed by atoms with Crippen molar-refractivity contribution in [3.8, 4) is 0 Å². The summed E-state index contributed by atoms with van der Waals surface area (Å²) >= 11 is 0. The molecule has 2 aromatic rings. The Morgan fingerprint density at radius 2 is 1.80 bits per heavy atom. The lowest BCUT2D eigenvalue weighted by atomic mass is 10.2. The Morgan fingerprint density at radius 3 is 2.43 bits per heavy atom. The third-order valence-electron chi connectivity index (χ3n) is 4.37. The van der Waals surface area contributed by atoms with Crippen molar-refractivity contribution in [2.24, 2.45) is 0 Å². The van der Waals surface area contributed by atoms with E-state index in [1.54, 1.807) is 18.3 Å². The van der Waals surface area contributed by atoms with Crippen LogP contribution in [0.2, 0.25) is 0 Å². The Hall–Kier alpha value is -2.85. The van der Waals surface area contributed by atoms with Crippen LogP contribution in [0.15, 0.2) is 47.5 Å². The second-order valence-corrected chi connectivity index (χ2v) is 8.95. The van der Waals surface area contributed by atoms with E-state index in [0.29, 0.717) is 5.82 Å². The zero-order valence-electron chi connectivity index (χ0n) is 17.1. The molecule has 1 aromatic heterocycles. The largest absolute Gasteiger partial charge is 0.336 e. The normalized spacial score (nSPS) is 11.4. The summed E-state index contributed by atoms with van der Waals surface area (Å²) in [6.07, 6.45) is 1.94. The Labute approximate surface area is 175 Å². The fraction of sp³-hybridized carbons (Fsp3) is 0.350. The molecule has 0 aliphatic heterocycles. The van der Waals surface area contributed by atoms with Gasteiger partial charge in [-0.1, -0.05) is 0 Å². The monoisotopic (exact) mass is 436 g/mol. The van der Waals surface area contributed by atoms with E-state index in [2.05, 4.69) is 10.3 Å². The van der Waals surface area contributed by atoms with E-state index in [1.807, 2.05) is 6.92 Å². The van der Waals surface area contributed by atoms with Gasteiger partial charge in [-0.2, -0.15) is 0 Å². The highest BCUT2D eigenvalue weighted by molar-refractivity contribution is 7.89. The molecule has 0 saturated heterocycles. The third-order valence-corrected chi connectivity index (χ3v) is 6.25. The molecule has 1 N–H and O–H groups in total. The lowest BCUT2D eigenvalue weighted by Crippen LogP contribution is -2.35. The Morgan fingerprint density at radius 1 is 1.13 bits per heavy atom. The van der Waals surface area contributed by atoms with E-state index < -0.39 is 15.8 Å². The van der Waals surface area contributed by atoms with Crippen LogP contribution in [0, 0.1) is 12.7 Å². The molecular formula is C20H25FN4O4S. The molecule has 162 valence electrons. The van der Waals surface area contributed by atoms with Gasteiger partial charge in [-0.05, 0) is 55.3 Å². The minimum Gasteiger partial charge on any atom is -0.336 e. The summed E-state index contributed by atoms with van der Waals surface area (Å²) < 4.78 is 39.0. The SMILES string of the molecule is Cc1ccnc(NC(=O)CN(C)C(=O)CCCN(C)S(=O)(=O)c2ccc(F)cc2)c1. The van der Waals surface area contributed by atoms with Crippen LogP contribution < -0.4 is 5.32 Å². The van der Waals surface area contributed by atoms with Crippen molar-refractivity contribution < 1.29 is 22.4 Å². The van der Waals surface area contributed by atoms with E-state index in [1.165, 1.54) is 31.1 Å². The van der Waals surface area contributed by atoms with Gasteiger partial charge in [-0.15, -0.1) is 0 Å². The molecule has 8 nitrogen and oxygen atoms in total. The number of nitrogens with zero attached hydrogens (tertiary/aromatic N) is 3. The number of rotatable bonds is 9. The van der Waals surface area contributed by atoms with Crippen molar-refractivity contribution in [3.63, 3.8) is 0 Å². The van der Waals surface area contributed by atoms with Crippen LogP contribution in [0.4, 0.5) is 10.2 Å². The molecule has 2 amide bonds. The van der Waals surface area contributed by atoms with E-state index in [4.69, 9.17) is 0 Å². The molecular weight excluding hydrogens is 411 g/mol. The van der Waals surface area contributed by atoms with E-state index in [-0.39, 0.29) is 42.6 Å². The van der Waals surface area contributed by atoms with Gasteiger partial charge in [0.25, 0.3) is 0 Å². The number of anilines is 1. The molecule has 0 fully saturated rings. The maximum Gasteiger partial charge on any atom is 0.245 e. The van der Waals surface area contributed by atoms with Crippen molar-refractivity contribution in [1.29, 1.82) is 0 Å². The van der Waals surface area contributed by atoms with Gasteiger partial charge in [-0.3, -0.25) is 9.59 Å². The lowest BCUT2D eigenvalue weighted by Gasteiger charge is -2.19. The van der Waals surface area contributed by atoms with Gasteiger partial charge in [-0.25, -0.2) is 22.1 Å². The van der Waals surface area contributed by atoms with Gasteiger partial charge in [0.05, 0.1) is 11.4 Å². The molecule has 0 unspecified atom stereocenters. The molecule has 0 saturated carbocycles. The number of hydrogen-bond acceptors (Lipinski definition) is 5. The molecule has 0 radical (unpaired) electrons. The molecule has 0 aliphatic rings. The topological polar surface area (TPSA) is 99.7 Å². The first-order chi connectivity index (χ1) is 14.1. The number of likely N-dealkylation sites (N-methyl/N-ethyl adjacent to an activating group) is 1. The molecule has 0 bridgehead atoms. The summed E-state index contributed by atoms with van der Waals surface area (Å²) in [6.45, 7) is 1.84. The Balaban J connectivity index is 1.80. The number of aryl methyl sites for hydroxylation is 1. The highest BCUT2D eigenvalue weighted by Gasteiger charge is 2.21. The number of hydrogen-bond donors (Lipinski definition) is 1. The van der Waals surface area contributed by atoms with Crippen LogP contribution in [-0.2, 0) is 19.6 Å². The predicted molar refractivity (Wildman–Crippen MR) is 111 cm³/mol. The zero-order valence-corrected chi connectivity index (χ0v) is 17.9. The Kier molecular flexibility index (Phi) is 8.01. The van der Waals surface area contributed by atoms with Crippen molar-refractivity contribution in [2.45, 2.75) is 24.7 Å². The summed E-state index contributed by atoms with van der Waals surface area (Å²) in [5.41, 5.74) is 0.949. The minimum atomic E-state index is -3.76. The fourth-order valence-corrected chi connectivity index (χ4v) is 3.85. The molecule has 0 aliphatic carbocycles. The van der Waals surface area contributed by atoms with E-state index >= 15 is 0 Å². The summed E-state index contributed by atoms with van der Waals surface area (Å²) in [6, 6.07) is 8.08. The fourth-order valence-electron chi connectivity index (χ4n) is 2.64. The summed E-state index contributed by atoms with van der Waals surface area (Å²) in [5, 5.41) is 2.63. The lowest BCUT2D eigenvalue weighted by molar-refractivity contribution is -0.133. The first-order valence-corrected chi connectivity index (χ1v) is 10.7. The highest BCUT2D eigenvalue weighted by atomic mass is 32.2. The average molecular weight is 437 g/mol. The predicted octanol–water partition coefficient (Wildman–Crippen LogP) is 2.03.